The molecule has 0 bridgehead atoms. The van der Waals surface area contributed by atoms with Gasteiger partial charge in [-0.3, -0.25) is 4.68 Å². The number of hydrogen-bond acceptors (Lipinski definition) is 2. The average molecular weight is 261 g/mol. The molecular formula is C16H27N3. The average Bonchev–Trinajstić information content (AvgIpc) is 2.98. The molecule has 19 heavy (non-hydrogen) atoms. The van der Waals surface area contributed by atoms with Crippen LogP contribution < -0.4 is 5.73 Å². The van der Waals surface area contributed by atoms with Gasteiger partial charge in [0.15, 0.2) is 0 Å². The fraction of sp³-hybridized carbons (Fsp3) is 0.812. The molecule has 0 aromatic carbocycles. The number of aromatic nitrogens is 2. The standard InChI is InChI=1S/C16H27N3/c1-15(2)8-9-16(17,12-15)11-13-7-10-19(18-13)14-5-3-4-6-14/h7,10,14H,3-6,8-9,11-12,17H2,1-2H3. The van der Waals surface area contributed by atoms with E-state index in [-0.39, 0.29) is 5.54 Å². The van der Waals surface area contributed by atoms with Crippen LogP contribution in [-0.4, -0.2) is 15.3 Å². The molecule has 2 fully saturated rings. The number of rotatable bonds is 3. The Morgan fingerprint density at radius 3 is 2.68 bits per heavy atom. The van der Waals surface area contributed by atoms with Gasteiger partial charge in [0.25, 0.3) is 0 Å². The molecule has 3 nitrogen and oxygen atoms in total. The zero-order valence-corrected chi connectivity index (χ0v) is 12.4. The van der Waals surface area contributed by atoms with E-state index < -0.39 is 0 Å². The Bertz CT molecular complexity index is 443. The van der Waals surface area contributed by atoms with Crippen molar-refractivity contribution in [2.24, 2.45) is 11.1 Å². The molecule has 1 heterocycles. The number of hydrogen-bond donors (Lipinski definition) is 1. The highest BCUT2D eigenvalue weighted by Gasteiger charge is 2.40. The van der Waals surface area contributed by atoms with E-state index in [4.69, 9.17) is 10.8 Å². The van der Waals surface area contributed by atoms with Crippen LogP contribution in [0.15, 0.2) is 12.3 Å². The summed E-state index contributed by atoms with van der Waals surface area (Å²) in [5.74, 6) is 0. The van der Waals surface area contributed by atoms with Crippen molar-refractivity contribution >= 4 is 0 Å². The SMILES string of the molecule is CC1(C)CCC(N)(Cc2ccn(C3CCCC3)n2)C1. The second-order valence-corrected chi connectivity index (χ2v) is 7.61. The number of nitrogens with zero attached hydrogens (tertiary/aromatic N) is 2. The number of nitrogens with two attached hydrogens (primary N) is 1. The van der Waals surface area contributed by atoms with Gasteiger partial charge < -0.3 is 5.73 Å². The lowest BCUT2D eigenvalue weighted by Gasteiger charge is -2.25. The normalized spacial score (nSPS) is 31.1. The summed E-state index contributed by atoms with van der Waals surface area (Å²) in [5, 5.41) is 4.79. The molecule has 3 rings (SSSR count). The van der Waals surface area contributed by atoms with Crippen LogP contribution in [0.5, 0.6) is 0 Å². The fourth-order valence-corrected chi connectivity index (χ4v) is 4.07. The lowest BCUT2D eigenvalue weighted by Crippen LogP contribution is -2.40. The summed E-state index contributed by atoms with van der Waals surface area (Å²) in [6.45, 7) is 4.66. The van der Waals surface area contributed by atoms with Gasteiger partial charge in [-0.05, 0) is 43.6 Å². The van der Waals surface area contributed by atoms with Gasteiger partial charge in [0.1, 0.15) is 0 Å². The van der Waals surface area contributed by atoms with Crippen molar-refractivity contribution in [1.29, 1.82) is 0 Å². The van der Waals surface area contributed by atoms with Crippen LogP contribution in [-0.2, 0) is 6.42 Å². The fourth-order valence-electron chi connectivity index (χ4n) is 4.07. The molecule has 1 atom stereocenters. The minimum absolute atomic E-state index is 0.0294. The van der Waals surface area contributed by atoms with Crippen molar-refractivity contribution in [2.75, 3.05) is 0 Å². The van der Waals surface area contributed by atoms with Crippen LogP contribution in [0.1, 0.15) is 70.5 Å². The minimum atomic E-state index is -0.0294. The molecule has 0 radical (unpaired) electrons. The molecule has 3 heteroatoms. The third-order valence-corrected chi connectivity index (χ3v) is 5.03. The molecule has 106 valence electrons. The van der Waals surface area contributed by atoms with E-state index in [1.807, 2.05) is 0 Å². The second-order valence-electron chi connectivity index (χ2n) is 7.61. The Kier molecular flexibility index (Phi) is 3.20. The first-order valence-electron chi connectivity index (χ1n) is 7.79. The first-order valence-corrected chi connectivity index (χ1v) is 7.79. The highest BCUT2D eigenvalue weighted by Crippen LogP contribution is 2.43. The molecule has 2 aliphatic carbocycles. The molecule has 0 aliphatic heterocycles. The highest BCUT2D eigenvalue weighted by molar-refractivity contribution is 5.09. The Balaban J connectivity index is 1.67. The molecule has 1 aromatic heterocycles. The Morgan fingerprint density at radius 2 is 2.05 bits per heavy atom. The van der Waals surface area contributed by atoms with Gasteiger partial charge in [-0.2, -0.15) is 5.10 Å². The van der Waals surface area contributed by atoms with Crippen LogP contribution in [0, 0.1) is 5.41 Å². The first-order chi connectivity index (χ1) is 8.96. The predicted molar refractivity (Wildman–Crippen MR) is 78.0 cm³/mol. The Labute approximate surface area is 116 Å². The molecule has 2 N–H and O–H groups in total. The molecule has 1 unspecified atom stereocenters. The molecule has 0 spiro atoms. The molecular weight excluding hydrogens is 234 g/mol. The maximum atomic E-state index is 6.58. The van der Waals surface area contributed by atoms with Crippen molar-refractivity contribution < 1.29 is 0 Å². The van der Waals surface area contributed by atoms with Gasteiger partial charge in [0.2, 0.25) is 0 Å². The molecule has 2 aliphatic rings. The third kappa shape index (κ3) is 2.86. The van der Waals surface area contributed by atoms with Crippen LogP contribution in [0.2, 0.25) is 0 Å². The summed E-state index contributed by atoms with van der Waals surface area (Å²) in [6.07, 6.45) is 11.9. The van der Waals surface area contributed by atoms with Gasteiger partial charge >= 0.3 is 0 Å². The van der Waals surface area contributed by atoms with Crippen LogP contribution in [0.25, 0.3) is 0 Å². The summed E-state index contributed by atoms with van der Waals surface area (Å²) in [7, 11) is 0. The van der Waals surface area contributed by atoms with E-state index in [9.17, 15) is 0 Å². The summed E-state index contributed by atoms with van der Waals surface area (Å²) in [4.78, 5) is 0. The monoisotopic (exact) mass is 261 g/mol. The van der Waals surface area contributed by atoms with Gasteiger partial charge in [-0.25, -0.2) is 0 Å². The van der Waals surface area contributed by atoms with Crippen molar-refractivity contribution in [3.05, 3.63) is 18.0 Å². The smallest absolute Gasteiger partial charge is 0.0643 e. The zero-order chi connectivity index (χ0) is 13.5. The maximum absolute atomic E-state index is 6.58. The van der Waals surface area contributed by atoms with Crippen molar-refractivity contribution in [3.63, 3.8) is 0 Å². The van der Waals surface area contributed by atoms with Gasteiger partial charge in [0.05, 0.1) is 11.7 Å². The zero-order valence-electron chi connectivity index (χ0n) is 12.4. The molecule has 0 saturated heterocycles. The second kappa shape index (κ2) is 4.62. The van der Waals surface area contributed by atoms with Crippen molar-refractivity contribution in [3.8, 4) is 0 Å². The lowest BCUT2D eigenvalue weighted by molar-refractivity contribution is 0.332. The van der Waals surface area contributed by atoms with E-state index in [1.165, 1.54) is 37.8 Å². The van der Waals surface area contributed by atoms with Gasteiger partial charge in [-0.15, -0.1) is 0 Å². The quantitative estimate of drug-likeness (QED) is 0.905. The highest BCUT2D eigenvalue weighted by atomic mass is 15.3. The Hall–Kier alpha value is -0.830. The largest absolute Gasteiger partial charge is 0.325 e. The van der Waals surface area contributed by atoms with Gasteiger partial charge in [0, 0.05) is 18.2 Å². The summed E-state index contributed by atoms with van der Waals surface area (Å²) in [5.41, 5.74) is 8.14. The molecule has 2 saturated carbocycles. The third-order valence-electron chi connectivity index (χ3n) is 5.03. The summed E-state index contributed by atoms with van der Waals surface area (Å²) in [6, 6.07) is 2.82. The summed E-state index contributed by atoms with van der Waals surface area (Å²) < 4.78 is 2.19. The lowest BCUT2D eigenvalue weighted by atomic mass is 9.86. The van der Waals surface area contributed by atoms with Crippen LogP contribution >= 0.6 is 0 Å². The van der Waals surface area contributed by atoms with Gasteiger partial charge in [-0.1, -0.05) is 26.7 Å². The van der Waals surface area contributed by atoms with E-state index >= 15 is 0 Å². The predicted octanol–water partition coefficient (Wildman–Crippen LogP) is 3.45. The first kappa shape index (κ1) is 13.2. The van der Waals surface area contributed by atoms with E-state index in [2.05, 4.69) is 30.8 Å². The van der Waals surface area contributed by atoms with E-state index in [0.29, 0.717) is 11.5 Å². The van der Waals surface area contributed by atoms with Crippen molar-refractivity contribution in [2.45, 2.75) is 76.8 Å². The van der Waals surface area contributed by atoms with Crippen LogP contribution in [0.3, 0.4) is 0 Å². The van der Waals surface area contributed by atoms with E-state index in [0.717, 1.165) is 19.3 Å². The topological polar surface area (TPSA) is 43.8 Å². The molecule has 1 aromatic rings. The maximum Gasteiger partial charge on any atom is 0.0643 e. The minimum Gasteiger partial charge on any atom is -0.325 e. The van der Waals surface area contributed by atoms with E-state index in [1.54, 1.807) is 0 Å². The van der Waals surface area contributed by atoms with Crippen molar-refractivity contribution in [1.82, 2.24) is 9.78 Å². The summed E-state index contributed by atoms with van der Waals surface area (Å²) >= 11 is 0. The Morgan fingerprint density at radius 1 is 1.32 bits per heavy atom. The molecule has 0 amide bonds. The van der Waals surface area contributed by atoms with Crippen LogP contribution in [0.4, 0.5) is 0 Å².